The number of nitrogens with zero attached hydrogens (tertiary/aromatic N) is 1. The Morgan fingerprint density at radius 2 is 1.87 bits per heavy atom. The summed E-state index contributed by atoms with van der Waals surface area (Å²) in [6.45, 7) is 0.793. The van der Waals surface area contributed by atoms with E-state index in [1.165, 1.54) is 4.90 Å². The van der Waals surface area contributed by atoms with Gasteiger partial charge in [0.2, 0.25) is 0 Å². The van der Waals surface area contributed by atoms with Crippen LogP contribution in [0.25, 0.3) is 0 Å². The number of halogens is 4. The Morgan fingerprint density at radius 1 is 1.27 bits per heavy atom. The molecule has 0 aliphatic carbocycles. The molecule has 15 heavy (non-hydrogen) atoms. The number of likely N-dealkylation sites (tertiary alicyclic amines) is 1. The molecule has 0 aromatic heterocycles. The predicted molar refractivity (Wildman–Crippen MR) is 55.3 cm³/mol. The molecule has 1 aliphatic rings. The zero-order valence-electron chi connectivity index (χ0n) is 8.39. The van der Waals surface area contributed by atoms with E-state index in [0.29, 0.717) is 32.5 Å². The molecule has 1 heterocycles. The summed E-state index contributed by atoms with van der Waals surface area (Å²) < 4.78 is 41.6. The van der Waals surface area contributed by atoms with E-state index in [1.54, 1.807) is 0 Å². The summed E-state index contributed by atoms with van der Waals surface area (Å²) in [5.41, 5.74) is 0. The minimum Gasteiger partial charge on any atom is -0.377 e. The normalized spacial score (nSPS) is 20.8. The first-order chi connectivity index (χ1) is 7.01. The summed E-state index contributed by atoms with van der Waals surface area (Å²) in [6.07, 6.45) is -2.55. The highest BCUT2D eigenvalue weighted by Crippen LogP contribution is 2.20. The van der Waals surface area contributed by atoms with Gasteiger partial charge in [-0.1, -0.05) is 15.9 Å². The van der Waals surface area contributed by atoms with Crippen molar-refractivity contribution in [2.75, 3.05) is 31.6 Å². The second-order valence-electron chi connectivity index (χ2n) is 3.65. The Labute approximate surface area is 95.9 Å². The van der Waals surface area contributed by atoms with Crippen LogP contribution in [0.4, 0.5) is 13.2 Å². The molecule has 0 spiro atoms. The Bertz CT molecular complexity index is 181. The van der Waals surface area contributed by atoms with Gasteiger partial charge in [-0.3, -0.25) is 4.90 Å². The second kappa shape index (κ2) is 6.06. The van der Waals surface area contributed by atoms with Gasteiger partial charge in [-0.2, -0.15) is 13.2 Å². The SMILES string of the molecule is FC(F)(F)CN1CCC(OCCBr)CC1. The summed E-state index contributed by atoms with van der Waals surface area (Å²) >= 11 is 3.24. The first-order valence-electron chi connectivity index (χ1n) is 4.98. The first-order valence-corrected chi connectivity index (χ1v) is 6.10. The molecule has 0 aromatic rings. The van der Waals surface area contributed by atoms with Gasteiger partial charge >= 0.3 is 6.18 Å². The summed E-state index contributed by atoms with van der Waals surface area (Å²) in [5, 5.41) is 0.774. The zero-order valence-corrected chi connectivity index (χ0v) is 9.98. The number of alkyl halides is 4. The van der Waals surface area contributed by atoms with Crippen LogP contribution in [0.15, 0.2) is 0 Å². The van der Waals surface area contributed by atoms with Crippen LogP contribution in [0.5, 0.6) is 0 Å². The molecule has 6 heteroatoms. The van der Waals surface area contributed by atoms with E-state index in [2.05, 4.69) is 15.9 Å². The van der Waals surface area contributed by atoms with E-state index >= 15 is 0 Å². The Kier molecular flexibility index (Phi) is 5.35. The Morgan fingerprint density at radius 3 is 2.33 bits per heavy atom. The third-order valence-corrected chi connectivity index (χ3v) is 2.69. The Balaban J connectivity index is 2.18. The van der Waals surface area contributed by atoms with Gasteiger partial charge in [0.25, 0.3) is 0 Å². The molecule has 0 atom stereocenters. The van der Waals surface area contributed by atoms with E-state index in [0.717, 1.165) is 5.33 Å². The summed E-state index contributed by atoms with van der Waals surface area (Å²) in [4.78, 5) is 1.44. The van der Waals surface area contributed by atoms with E-state index in [-0.39, 0.29) is 6.10 Å². The van der Waals surface area contributed by atoms with Crippen LogP contribution in [0, 0.1) is 0 Å². The van der Waals surface area contributed by atoms with Crippen molar-refractivity contribution in [2.45, 2.75) is 25.1 Å². The fourth-order valence-corrected chi connectivity index (χ4v) is 1.89. The average Bonchev–Trinajstić information content (AvgIpc) is 2.14. The van der Waals surface area contributed by atoms with Gasteiger partial charge in [0, 0.05) is 18.4 Å². The maximum atomic E-state index is 12.1. The van der Waals surface area contributed by atoms with Gasteiger partial charge in [0.1, 0.15) is 0 Å². The standard InChI is InChI=1S/C9H15BrF3NO/c10-3-6-15-8-1-4-14(5-2-8)7-9(11,12)13/h8H,1-7H2. The largest absolute Gasteiger partial charge is 0.401 e. The Hall–Kier alpha value is 0.190. The van der Waals surface area contributed by atoms with Gasteiger partial charge in [0.15, 0.2) is 0 Å². The maximum Gasteiger partial charge on any atom is 0.401 e. The van der Waals surface area contributed by atoms with Gasteiger partial charge in [0.05, 0.1) is 19.3 Å². The lowest BCUT2D eigenvalue weighted by Gasteiger charge is -2.32. The summed E-state index contributed by atoms with van der Waals surface area (Å²) in [7, 11) is 0. The topological polar surface area (TPSA) is 12.5 Å². The zero-order chi connectivity index (χ0) is 11.3. The molecule has 0 bridgehead atoms. The summed E-state index contributed by atoms with van der Waals surface area (Å²) in [5.74, 6) is 0. The number of hydrogen-bond donors (Lipinski definition) is 0. The van der Waals surface area contributed by atoms with Crippen LogP contribution in [0.1, 0.15) is 12.8 Å². The van der Waals surface area contributed by atoms with Gasteiger partial charge < -0.3 is 4.74 Å². The van der Waals surface area contributed by atoms with E-state index in [9.17, 15) is 13.2 Å². The fourth-order valence-electron chi connectivity index (χ4n) is 1.70. The number of rotatable bonds is 4. The molecular weight excluding hydrogens is 275 g/mol. The van der Waals surface area contributed by atoms with Crippen LogP contribution in [0.2, 0.25) is 0 Å². The third kappa shape index (κ3) is 5.73. The van der Waals surface area contributed by atoms with Crippen LogP contribution >= 0.6 is 15.9 Å². The lowest BCUT2D eigenvalue weighted by Crippen LogP contribution is -2.42. The van der Waals surface area contributed by atoms with E-state index in [1.807, 2.05) is 0 Å². The molecule has 1 saturated heterocycles. The van der Waals surface area contributed by atoms with Gasteiger partial charge in [-0.25, -0.2) is 0 Å². The average molecular weight is 290 g/mol. The molecule has 0 amide bonds. The first kappa shape index (κ1) is 13.3. The monoisotopic (exact) mass is 289 g/mol. The second-order valence-corrected chi connectivity index (χ2v) is 4.44. The van der Waals surface area contributed by atoms with Crippen LogP contribution < -0.4 is 0 Å². The fraction of sp³-hybridized carbons (Fsp3) is 1.00. The van der Waals surface area contributed by atoms with Crippen molar-refractivity contribution in [3.8, 4) is 0 Å². The highest BCUT2D eigenvalue weighted by molar-refractivity contribution is 9.09. The van der Waals surface area contributed by atoms with Crippen molar-refractivity contribution in [2.24, 2.45) is 0 Å². The quantitative estimate of drug-likeness (QED) is 0.737. The minimum atomic E-state index is -4.08. The summed E-state index contributed by atoms with van der Waals surface area (Å²) in [6, 6.07) is 0. The number of ether oxygens (including phenoxy) is 1. The smallest absolute Gasteiger partial charge is 0.377 e. The van der Waals surface area contributed by atoms with Crippen molar-refractivity contribution >= 4 is 15.9 Å². The van der Waals surface area contributed by atoms with E-state index in [4.69, 9.17) is 4.74 Å². The van der Waals surface area contributed by atoms with Gasteiger partial charge in [-0.05, 0) is 12.8 Å². The molecular formula is C9H15BrF3NO. The number of piperidine rings is 1. The molecule has 0 aromatic carbocycles. The molecule has 1 fully saturated rings. The van der Waals surface area contributed by atoms with Crippen LogP contribution in [-0.2, 0) is 4.74 Å². The molecule has 0 N–H and O–H groups in total. The molecule has 90 valence electrons. The highest BCUT2D eigenvalue weighted by Gasteiger charge is 2.32. The third-order valence-electron chi connectivity index (χ3n) is 2.37. The molecule has 0 radical (unpaired) electrons. The maximum absolute atomic E-state index is 12.1. The van der Waals surface area contributed by atoms with E-state index < -0.39 is 12.7 Å². The van der Waals surface area contributed by atoms with Gasteiger partial charge in [-0.15, -0.1) is 0 Å². The van der Waals surface area contributed by atoms with Crippen molar-refractivity contribution in [1.29, 1.82) is 0 Å². The van der Waals surface area contributed by atoms with Crippen molar-refractivity contribution in [3.05, 3.63) is 0 Å². The lowest BCUT2D eigenvalue weighted by molar-refractivity contribution is -0.150. The highest BCUT2D eigenvalue weighted by atomic mass is 79.9. The molecule has 0 unspecified atom stereocenters. The molecule has 2 nitrogen and oxygen atoms in total. The minimum absolute atomic E-state index is 0.132. The molecule has 1 rings (SSSR count). The molecule has 1 aliphatic heterocycles. The molecule has 0 saturated carbocycles. The lowest BCUT2D eigenvalue weighted by atomic mass is 10.1. The van der Waals surface area contributed by atoms with Crippen molar-refractivity contribution in [1.82, 2.24) is 4.90 Å². The van der Waals surface area contributed by atoms with Crippen LogP contribution in [-0.4, -0.2) is 48.8 Å². The van der Waals surface area contributed by atoms with Crippen molar-refractivity contribution < 1.29 is 17.9 Å². The predicted octanol–water partition coefficient (Wildman–Crippen LogP) is 2.42. The van der Waals surface area contributed by atoms with Crippen LogP contribution in [0.3, 0.4) is 0 Å². The van der Waals surface area contributed by atoms with Crippen molar-refractivity contribution in [3.63, 3.8) is 0 Å². The number of hydrogen-bond acceptors (Lipinski definition) is 2.